The normalized spacial score (nSPS) is 15.6. The molecule has 1 atom stereocenters. The third kappa shape index (κ3) is 7.01. The van der Waals surface area contributed by atoms with Gasteiger partial charge < -0.3 is 27.0 Å². The number of nitrogens with two attached hydrogens (primary N) is 1. The Labute approximate surface area is 263 Å². The van der Waals surface area contributed by atoms with Crippen LogP contribution in [0, 0.1) is 0 Å². The van der Waals surface area contributed by atoms with Gasteiger partial charge in [0.1, 0.15) is 6.04 Å². The van der Waals surface area contributed by atoms with Crippen LogP contribution in [0.2, 0.25) is 0 Å². The summed E-state index contributed by atoms with van der Waals surface area (Å²) in [5.74, 6) is -3.51. The monoisotopic (exact) mass is 625 g/mol. The van der Waals surface area contributed by atoms with E-state index in [2.05, 4.69) is 26.6 Å². The predicted octanol–water partition coefficient (Wildman–Crippen LogP) is 1.87. The van der Waals surface area contributed by atoms with Gasteiger partial charge in [-0.1, -0.05) is 18.2 Å². The summed E-state index contributed by atoms with van der Waals surface area (Å²) in [4.78, 5) is 88.1. The van der Waals surface area contributed by atoms with E-state index in [1.54, 1.807) is 60.7 Å². The van der Waals surface area contributed by atoms with Gasteiger partial charge in [0, 0.05) is 36.3 Å². The zero-order valence-corrected chi connectivity index (χ0v) is 24.6. The molecule has 1 saturated heterocycles. The number of hydrogen-bond donors (Lipinski definition) is 6. The molecule has 14 heteroatoms. The molecular weight excluding hydrogens is 594 g/mol. The maximum Gasteiger partial charge on any atom is 0.264 e. The van der Waals surface area contributed by atoms with Crippen molar-refractivity contribution in [3.63, 3.8) is 0 Å². The number of nitrogens with one attached hydrogen (secondary N) is 5. The van der Waals surface area contributed by atoms with Gasteiger partial charge >= 0.3 is 0 Å². The zero-order chi connectivity index (χ0) is 32.8. The Morgan fingerprint density at radius 3 is 2.33 bits per heavy atom. The smallest absolute Gasteiger partial charge is 0.264 e. The molecule has 3 aromatic rings. The number of amides is 7. The highest BCUT2D eigenvalue weighted by Gasteiger charge is 2.45. The van der Waals surface area contributed by atoms with Crippen molar-refractivity contribution in [2.45, 2.75) is 31.7 Å². The number of imide groups is 2. The highest BCUT2D eigenvalue weighted by atomic mass is 16.2. The molecular formula is C32H31N7O7. The first-order valence-electron chi connectivity index (χ1n) is 14.5. The van der Waals surface area contributed by atoms with Gasteiger partial charge in [-0.15, -0.1) is 0 Å². The van der Waals surface area contributed by atoms with E-state index >= 15 is 0 Å². The highest BCUT2D eigenvalue weighted by molar-refractivity contribution is 6.25. The van der Waals surface area contributed by atoms with Crippen LogP contribution in [0.25, 0.3) is 0 Å². The van der Waals surface area contributed by atoms with Gasteiger partial charge in [0.05, 0.1) is 29.0 Å². The van der Waals surface area contributed by atoms with Crippen LogP contribution in [-0.2, 0) is 19.2 Å². The molecule has 46 heavy (non-hydrogen) atoms. The van der Waals surface area contributed by atoms with Crippen LogP contribution < -0.4 is 32.3 Å². The Kier molecular flexibility index (Phi) is 9.36. The summed E-state index contributed by atoms with van der Waals surface area (Å²) in [5.41, 5.74) is 8.11. The quantitative estimate of drug-likeness (QED) is 0.104. The fraction of sp³-hybridized carbons (Fsp3) is 0.219. The van der Waals surface area contributed by atoms with Crippen molar-refractivity contribution < 1.29 is 33.6 Å². The first kappa shape index (κ1) is 31.4. The molecule has 0 radical (unpaired) electrons. The number of para-hydroxylation sites is 2. The van der Waals surface area contributed by atoms with Crippen LogP contribution in [0.1, 0.15) is 56.8 Å². The second-order valence-electron chi connectivity index (χ2n) is 10.6. The summed E-state index contributed by atoms with van der Waals surface area (Å²) in [6.45, 7) is 0.00257. The van der Waals surface area contributed by atoms with E-state index in [-0.39, 0.29) is 61.0 Å². The number of rotatable bonds is 11. The van der Waals surface area contributed by atoms with Crippen LogP contribution >= 0.6 is 0 Å². The van der Waals surface area contributed by atoms with Gasteiger partial charge in [-0.25, -0.2) is 0 Å². The van der Waals surface area contributed by atoms with Gasteiger partial charge in [0.25, 0.3) is 17.7 Å². The van der Waals surface area contributed by atoms with Crippen molar-refractivity contribution in [3.8, 4) is 0 Å². The van der Waals surface area contributed by atoms with Crippen molar-refractivity contribution in [2.24, 2.45) is 0 Å². The third-order valence-electron chi connectivity index (χ3n) is 7.45. The van der Waals surface area contributed by atoms with Crippen LogP contribution in [-0.4, -0.2) is 65.4 Å². The molecule has 1 unspecified atom stereocenters. The fourth-order valence-corrected chi connectivity index (χ4v) is 5.11. The number of piperidine rings is 1. The maximum absolute atomic E-state index is 13.2. The van der Waals surface area contributed by atoms with Gasteiger partial charge in [-0.2, -0.15) is 0 Å². The zero-order valence-electron chi connectivity index (χ0n) is 24.6. The number of carbonyl (C=O) groups excluding carboxylic acids is 7. The lowest BCUT2D eigenvalue weighted by Gasteiger charge is -2.27. The second-order valence-corrected chi connectivity index (χ2v) is 10.6. The highest BCUT2D eigenvalue weighted by Crippen LogP contribution is 2.32. The second kappa shape index (κ2) is 13.7. The van der Waals surface area contributed by atoms with Crippen molar-refractivity contribution in [1.82, 2.24) is 15.5 Å². The molecule has 2 aliphatic heterocycles. The summed E-state index contributed by atoms with van der Waals surface area (Å²) in [6, 6.07) is 16.8. The Bertz CT molecular complexity index is 1740. The van der Waals surface area contributed by atoms with E-state index in [0.29, 0.717) is 29.0 Å². The SMILES string of the molecule is Nc1ccccc1NC(=O)c1ccc(NC(=O)CCCNC(=O)CNc2cccc3c2C(=O)N(C2CCC(=O)NC2=O)C3=O)cc1. The van der Waals surface area contributed by atoms with E-state index < -0.39 is 35.6 Å². The van der Waals surface area contributed by atoms with Crippen LogP contribution in [0.4, 0.5) is 22.7 Å². The Hall–Kier alpha value is -6.05. The lowest BCUT2D eigenvalue weighted by molar-refractivity contribution is -0.136. The largest absolute Gasteiger partial charge is 0.397 e. The minimum absolute atomic E-state index is 0.00997. The topological polar surface area (TPSA) is 209 Å². The van der Waals surface area contributed by atoms with Crippen molar-refractivity contribution >= 4 is 64.1 Å². The average Bonchev–Trinajstić information content (AvgIpc) is 3.29. The minimum atomic E-state index is -1.09. The summed E-state index contributed by atoms with van der Waals surface area (Å²) in [5, 5.41) is 13.2. The van der Waals surface area contributed by atoms with Gasteiger partial charge in [-0.3, -0.25) is 43.8 Å². The number of fused-ring (bicyclic) bond motifs is 1. The Morgan fingerprint density at radius 1 is 0.848 bits per heavy atom. The van der Waals surface area contributed by atoms with E-state index in [0.717, 1.165) is 4.90 Å². The first-order chi connectivity index (χ1) is 22.1. The van der Waals surface area contributed by atoms with Gasteiger partial charge in [0.15, 0.2) is 0 Å². The molecule has 14 nitrogen and oxygen atoms in total. The molecule has 0 bridgehead atoms. The molecule has 7 N–H and O–H groups in total. The molecule has 2 aliphatic rings. The van der Waals surface area contributed by atoms with Crippen LogP contribution in [0.5, 0.6) is 0 Å². The summed E-state index contributed by atoms with van der Waals surface area (Å²) < 4.78 is 0. The molecule has 0 aliphatic carbocycles. The molecule has 5 rings (SSSR count). The minimum Gasteiger partial charge on any atom is -0.397 e. The number of nitrogens with zero attached hydrogens (tertiary/aromatic N) is 1. The Balaban J connectivity index is 1.04. The fourth-order valence-electron chi connectivity index (χ4n) is 5.11. The molecule has 0 aromatic heterocycles. The number of carbonyl (C=O) groups is 7. The number of hydrogen-bond acceptors (Lipinski definition) is 9. The molecule has 236 valence electrons. The van der Waals surface area contributed by atoms with E-state index in [9.17, 15) is 33.6 Å². The number of anilines is 4. The van der Waals surface area contributed by atoms with Crippen molar-refractivity contribution in [1.29, 1.82) is 0 Å². The average molecular weight is 626 g/mol. The van der Waals surface area contributed by atoms with Gasteiger partial charge in [-0.05, 0) is 61.4 Å². The number of nitrogen functional groups attached to an aromatic ring is 1. The van der Waals surface area contributed by atoms with Crippen LogP contribution in [0.15, 0.2) is 66.7 Å². The van der Waals surface area contributed by atoms with E-state index in [4.69, 9.17) is 5.73 Å². The molecule has 7 amide bonds. The van der Waals surface area contributed by atoms with E-state index in [1.165, 1.54) is 6.07 Å². The van der Waals surface area contributed by atoms with Crippen molar-refractivity contribution in [3.05, 3.63) is 83.4 Å². The molecule has 1 fully saturated rings. The first-order valence-corrected chi connectivity index (χ1v) is 14.5. The van der Waals surface area contributed by atoms with E-state index in [1.807, 2.05) is 0 Å². The Morgan fingerprint density at radius 2 is 1.59 bits per heavy atom. The third-order valence-corrected chi connectivity index (χ3v) is 7.45. The summed E-state index contributed by atoms with van der Waals surface area (Å²) in [7, 11) is 0. The summed E-state index contributed by atoms with van der Waals surface area (Å²) >= 11 is 0. The maximum atomic E-state index is 13.2. The standard InChI is InChI=1S/C32H31N7O7/c33-21-6-1-2-7-22(21)37-29(43)18-10-12-19(13-11-18)36-25(40)9-4-16-34-27(42)17-35-23-8-3-5-20-28(23)32(46)39(31(20)45)24-14-15-26(41)38-30(24)44/h1-3,5-8,10-13,24,35H,4,9,14-17,33H2,(H,34,42)(H,36,40)(H,37,43)(H,38,41,44). The molecule has 0 spiro atoms. The predicted molar refractivity (Wildman–Crippen MR) is 168 cm³/mol. The van der Waals surface area contributed by atoms with Crippen molar-refractivity contribution in [2.75, 3.05) is 34.8 Å². The lowest BCUT2D eigenvalue weighted by Crippen LogP contribution is -2.54. The molecule has 2 heterocycles. The molecule has 3 aromatic carbocycles. The van der Waals surface area contributed by atoms with Crippen LogP contribution in [0.3, 0.4) is 0 Å². The number of benzene rings is 3. The lowest BCUT2D eigenvalue weighted by atomic mass is 10.0. The molecule has 0 saturated carbocycles. The summed E-state index contributed by atoms with van der Waals surface area (Å²) in [6.07, 6.45) is 0.527. The van der Waals surface area contributed by atoms with Gasteiger partial charge in [0.2, 0.25) is 23.6 Å².